The van der Waals surface area contributed by atoms with Gasteiger partial charge in [-0.25, -0.2) is 9.98 Å². The van der Waals surface area contributed by atoms with Gasteiger partial charge in [0.05, 0.1) is 11.4 Å². The minimum absolute atomic E-state index is 0.0538. The van der Waals surface area contributed by atoms with Crippen LogP contribution in [0, 0.1) is 0 Å². The quantitative estimate of drug-likeness (QED) is 0.354. The number of hydrogen-bond acceptors (Lipinski definition) is 2. The van der Waals surface area contributed by atoms with Crippen LogP contribution in [0.25, 0.3) is 20.9 Å². The van der Waals surface area contributed by atoms with Crippen molar-refractivity contribution in [3.63, 3.8) is 0 Å². The highest BCUT2D eigenvalue weighted by Gasteiger charge is 2.06. The Kier molecular flexibility index (Phi) is 4.67. The molecule has 3 aromatic rings. The molecule has 0 radical (unpaired) electrons. The van der Waals surface area contributed by atoms with Gasteiger partial charge in [0, 0.05) is 9.75 Å². The van der Waals surface area contributed by atoms with E-state index in [0.29, 0.717) is 0 Å². The number of aliphatic imine (C=N–C) groups is 1. The van der Waals surface area contributed by atoms with Crippen molar-refractivity contribution in [1.82, 2.24) is 0 Å². The van der Waals surface area contributed by atoms with Gasteiger partial charge < -0.3 is 11.5 Å². The van der Waals surface area contributed by atoms with Crippen molar-refractivity contribution < 1.29 is 4.99 Å². The molecule has 2 aromatic carbocycles. The van der Waals surface area contributed by atoms with Crippen LogP contribution in [-0.4, -0.2) is 11.9 Å². The molecule has 126 valence electrons. The molecule has 0 unspecified atom stereocenters. The van der Waals surface area contributed by atoms with Crippen molar-refractivity contribution >= 4 is 34.6 Å². The Hall–Kier alpha value is -3.32. The maximum Gasteiger partial charge on any atom is 0.343 e. The molecule has 0 fully saturated rings. The highest BCUT2D eigenvalue weighted by atomic mass is 32.1. The van der Waals surface area contributed by atoms with Gasteiger partial charge in [-0.1, -0.05) is 24.3 Å². The van der Waals surface area contributed by atoms with Gasteiger partial charge in [0.15, 0.2) is 5.96 Å². The molecule has 0 saturated heterocycles. The summed E-state index contributed by atoms with van der Waals surface area (Å²) in [6, 6.07) is 19.9. The predicted octanol–water partition coefficient (Wildman–Crippen LogP) is 0.973. The van der Waals surface area contributed by atoms with Gasteiger partial charge in [-0.2, -0.15) is 0 Å². The minimum Gasteiger partial charge on any atom is -0.370 e. The Bertz CT molecular complexity index is 839. The third kappa shape index (κ3) is 4.15. The first-order chi connectivity index (χ1) is 12.0. The van der Waals surface area contributed by atoms with Crippen LogP contribution in [0.1, 0.15) is 0 Å². The Morgan fingerprint density at radius 2 is 1.24 bits per heavy atom. The van der Waals surface area contributed by atoms with E-state index in [-0.39, 0.29) is 11.9 Å². The Balaban J connectivity index is 1.82. The third-order valence-corrected chi connectivity index (χ3v) is 4.66. The van der Waals surface area contributed by atoms with Gasteiger partial charge >= 0.3 is 5.96 Å². The maximum absolute atomic E-state index is 5.44. The molecule has 0 bridgehead atoms. The van der Waals surface area contributed by atoms with Gasteiger partial charge in [-0.3, -0.25) is 11.5 Å². The minimum atomic E-state index is 0.0538. The number of thiophene rings is 1. The number of nitrogens with zero attached hydrogens (tertiary/aromatic N) is 1. The summed E-state index contributed by atoms with van der Waals surface area (Å²) in [4.78, 5) is 9.26. The lowest BCUT2D eigenvalue weighted by atomic mass is 10.1. The summed E-state index contributed by atoms with van der Waals surface area (Å²) in [5.74, 6) is 0.230. The summed E-state index contributed by atoms with van der Waals surface area (Å²) in [6.07, 6.45) is 0. The molecule has 1 heterocycles. The van der Waals surface area contributed by atoms with Gasteiger partial charge in [0.1, 0.15) is 0 Å². The largest absolute Gasteiger partial charge is 0.370 e. The monoisotopic (exact) mass is 351 g/mol. The molecule has 6 nitrogen and oxygen atoms in total. The molecule has 9 N–H and O–H groups in total. The van der Waals surface area contributed by atoms with Crippen molar-refractivity contribution in [2.45, 2.75) is 0 Å². The lowest BCUT2D eigenvalue weighted by Crippen LogP contribution is -2.72. The van der Waals surface area contributed by atoms with Crippen LogP contribution in [0.4, 0.5) is 11.4 Å². The summed E-state index contributed by atoms with van der Waals surface area (Å²) >= 11 is 1.72. The number of rotatable bonds is 4. The molecule has 1 aromatic heterocycles. The van der Waals surface area contributed by atoms with E-state index in [2.05, 4.69) is 22.1 Å². The van der Waals surface area contributed by atoms with Crippen LogP contribution >= 0.6 is 11.3 Å². The Morgan fingerprint density at radius 1 is 0.720 bits per heavy atom. The molecule has 0 aliphatic rings. The van der Waals surface area contributed by atoms with Crippen LogP contribution in [0.15, 0.2) is 65.7 Å². The molecule has 7 heteroatoms. The number of benzene rings is 2. The standard InChI is InChI=1S/C18H18N6S/c19-17(20)23-13-5-1-11(2-6-13)15-9-10-16(25-15)12-3-7-14(8-4-12)24-18(21)22/h1-10H,(H4,19,20,23)(H4,21,22,24)/p+1. The van der Waals surface area contributed by atoms with Crippen LogP contribution in [0.3, 0.4) is 0 Å². The maximum atomic E-state index is 5.44. The van der Waals surface area contributed by atoms with E-state index >= 15 is 0 Å². The molecule has 0 spiro atoms. The fourth-order valence-electron chi connectivity index (χ4n) is 2.38. The van der Waals surface area contributed by atoms with Crippen molar-refractivity contribution in [3.8, 4) is 20.9 Å². The van der Waals surface area contributed by atoms with Crippen LogP contribution in [-0.2, 0) is 0 Å². The number of nitrogens with one attached hydrogen (secondary N) is 1. The fourth-order valence-corrected chi connectivity index (χ4v) is 3.40. The average Bonchev–Trinajstić information content (AvgIpc) is 3.05. The SMILES string of the molecule is NC(N)=Nc1ccc(-c2ccc(-c3ccc([NH+]=C(N)N)cc3)s2)cc1. The lowest BCUT2D eigenvalue weighted by molar-refractivity contribution is -0.356. The average molecular weight is 351 g/mol. The van der Waals surface area contributed by atoms with E-state index in [1.54, 1.807) is 11.3 Å². The van der Waals surface area contributed by atoms with E-state index in [1.165, 1.54) is 9.75 Å². The van der Waals surface area contributed by atoms with Gasteiger partial charge in [-0.05, 0) is 47.5 Å². The molecule has 0 aliphatic carbocycles. The second-order valence-corrected chi connectivity index (χ2v) is 6.49. The molecule has 25 heavy (non-hydrogen) atoms. The lowest BCUT2D eigenvalue weighted by Gasteiger charge is -2.00. The van der Waals surface area contributed by atoms with Crippen molar-refractivity contribution in [2.24, 2.45) is 27.9 Å². The zero-order valence-electron chi connectivity index (χ0n) is 13.4. The molecule has 3 rings (SSSR count). The molecule has 0 amide bonds. The summed E-state index contributed by atoms with van der Waals surface area (Å²) in [7, 11) is 0. The zero-order valence-corrected chi connectivity index (χ0v) is 14.3. The number of guanidine groups is 2. The second kappa shape index (κ2) is 7.06. The van der Waals surface area contributed by atoms with E-state index in [1.807, 2.05) is 48.5 Å². The van der Waals surface area contributed by atoms with E-state index in [0.717, 1.165) is 22.5 Å². The van der Waals surface area contributed by atoms with Crippen molar-refractivity contribution in [1.29, 1.82) is 0 Å². The summed E-state index contributed by atoms with van der Waals surface area (Å²) in [6.45, 7) is 0. The smallest absolute Gasteiger partial charge is 0.343 e. The molecular formula is C18H19N6S+. The van der Waals surface area contributed by atoms with E-state index < -0.39 is 0 Å². The third-order valence-electron chi connectivity index (χ3n) is 3.47. The molecule has 0 aliphatic heterocycles. The first kappa shape index (κ1) is 16.5. The first-order valence-electron chi connectivity index (χ1n) is 7.56. The van der Waals surface area contributed by atoms with Crippen molar-refractivity contribution in [3.05, 3.63) is 60.7 Å². The normalized spacial score (nSPS) is 10.2. The Labute approximate surface area is 149 Å². The zero-order chi connectivity index (χ0) is 17.8. The number of hydrogen-bond donors (Lipinski definition) is 5. The first-order valence-corrected chi connectivity index (χ1v) is 8.38. The van der Waals surface area contributed by atoms with Gasteiger partial charge in [-0.15, -0.1) is 11.3 Å². The van der Waals surface area contributed by atoms with Crippen molar-refractivity contribution in [2.75, 3.05) is 0 Å². The topological polar surface area (TPSA) is 130 Å². The number of nitrogens with two attached hydrogens (primary N) is 4. The predicted molar refractivity (Wildman–Crippen MR) is 105 cm³/mol. The fraction of sp³-hybridized carbons (Fsp3) is 0. The summed E-state index contributed by atoms with van der Waals surface area (Å²) in [5, 5.41) is 0. The van der Waals surface area contributed by atoms with Crippen LogP contribution in [0.5, 0.6) is 0 Å². The second-order valence-electron chi connectivity index (χ2n) is 5.41. The van der Waals surface area contributed by atoms with E-state index in [9.17, 15) is 0 Å². The highest BCUT2D eigenvalue weighted by molar-refractivity contribution is 7.18. The molecule has 0 atom stereocenters. The molecular weight excluding hydrogens is 332 g/mol. The van der Waals surface area contributed by atoms with Gasteiger partial charge in [0.2, 0.25) is 0 Å². The van der Waals surface area contributed by atoms with Gasteiger partial charge in [0.25, 0.3) is 0 Å². The van der Waals surface area contributed by atoms with E-state index in [4.69, 9.17) is 22.9 Å². The summed E-state index contributed by atoms with van der Waals surface area (Å²) < 4.78 is 0. The highest BCUT2D eigenvalue weighted by Crippen LogP contribution is 2.35. The Morgan fingerprint density at radius 3 is 1.72 bits per heavy atom. The van der Waals surface area contributed by atoms with Crippen LogP contribution in [0.2, 0.25) is 0 Å². The summed E-state index contributed by atoms with van der Waals surface area (Å²) in [5.41, 5.74) is 25.5. The molecule has 0 saturated carbocycles. The van der Waals surface area contributed by atoms with Crippen LogP contribution < -0.4 is 27.9 Å².